The fraction of sp³-hybridized carbons (Fsp3) is 0.0476. The predicted octanol–water partition coefficient (Wildman–Crippen LogP) is 4.65. The van der Waals surface area contributed by atoms with Crippen LogP contribution in [-0.2, 0) is 0 Å². The van der Waals surface area contributed by atoms with Gasteiger partial charge < -0.3 is 5.32 Å². The smallest absolute Gasteiger partial charge is 0.252 e. The van der Waals surface area contributed by atoms with E-state index in [2.05, 4.69) is 10.3 Å². The SMILES string of the molecule is N#Cc1ccc(C(=O)NC(c2ccc(Cl)cc2)c2ccc(Cl)cn2)cc1C#N. The third-order valence-electron chi connectivity index (χ3n) is 4.05. The van der Waals surface area contributed by atoms with Gasteiger partial charge in [-0.3, -0.25) is 9.78 Å². The van der Waals surface area contributed by atoms with Crippen molar-refractivity contribution >= 4 is 29.1 Å². The Kier molecular flexibility index (Phi) is 5.91. The van der Waals surface area contributed by atoms with Gasteiger partial charge in [-0.25, -0.2) is 0 Å². The Morgan fingerprint density at radius 2 is 1.61 bits per heavy atom. The monoisotopic (exact) mass is 406 g/mol. The largest absolute Gasteiger partial charge is 0.340 e. The minimum Gasteiger partial charge on any atom is -0.340 e. The Morgan fingerprint density at radius 3 is 2.21 bits per heavy atom. The summed E-state index contributed by atoms with van der Waals surface area (Å²) in [5, 5.41) is 22.2. The van der Waals surface area contributed by atoms with Gasteiger partial charge in [0.2, 0.25) is 0 Å². The van der Waals surface area contributed by atoms with Crippen LogP contribution in [0.5, 0.6) is 0 Å². The van der Waals surface area contributed by atoms with Gasteiger partial charge in [-0.05, 0) is 48.0 Å². The minimum atomic E-state index is -0.553. The molecular formula is C21H12Cl2N4O. The molecule has 0 fully saturated rings. The lowest BCUT2D eigenvalue weighted by atomic mass is 10.0. The highest BCUT2D eigenvalue weighted by Crippen LogP contribution is 2.24. The summed E-state index contributed by atoms with van der Waals surface area (Å²) in [5.74, 6) is -0.405. The number of rotatable bonds is 4. The molecule has 0 radical (unpaired) electrons. The molecule has 7 heteroatoms. The summed E-state index contributed by atoms with van der Waals surface area (Å²) in [4.78, 5) is 17.1. The molecule has 0 saturated heterocycles. The Morgan fingerprint density at radius 1 is 0.929 bits per heavy atom. The summed E-state index contributed by atoms with van der Waals surface area (Å²) in [6.45, 7) is 0. The Labute approximate surface area is 171 Å². The summed E-state index contributed by atoms with van der Waals surface area (Å²) in [5.41, 5.74) is 2.00. The van der Waals surface area contributed by atoms with Crippen LogP contribution in [0.2, 0.25) is 10.0 Å². The van der Waals surface area contributed by atoms with E-state index in [0.717, 1.165) is 5.56 Å². The van der Waals surface area contributed by atoms with E-state index < -0.39 is 11.9 Å². The summed E-state index contributed by atoms with van der Waals surface area (Å²) in [7, 11) is 0. The van der Waals surface area contributed by atoms with Crippen molar-refractivity contribution in [2.75, 3.05) is 0 Å². The number of pyridine rings is 1. The molecule has 1 N–H and O–H groups in total. The first kappa shape index (κ1) is 19.4. The Bertz CT molecular complexity index is 1050. The van der Waals surface area contributed by atoms with Gasteiger partial charge >= 0.3 is 0 Å². The maximum Gasteiger partial charge on any atom is 0.252 e. The third kappa shape index (κ3) is 4.29. The van der Waals surface area contributed by atoms with E-state index in [1.165, 1.54) is 24.4 Å². The number of nitriles is 2. The Balaban J connectivity index is 1.96. The second kappa shape index (κ2) is 8.54. The molecule has 0 bridgehead atoms. The first-order valence-corrected chi connectivity index (χ1v) is 8.89. The number of aromatic nitrogens is 1. The third-order valence-corrected chi connectivity index (χ3v) is 4.52. The fourth-order valence-electron chi connectivity index (χ4n) is 2.63. The van der Waals surface area contributed by atoms with E-state index in [1.807, 2.05) is 12.1 Å². The highest BCUT2D eigenvalue weighted by atomic mass is 35.5. The topological polar surface area (TPSA) is 89.6 Å². The van der Waals surface area contributed by atoms with Crippen LogP contribution in [0.25, 0.3) is 0 Å². The van der Waals surface area contributed by atoms with Crippen LogP contribution >= 0.6 is 23.2 Å². The molecule has 0 aliphatic heterocycles. The first-order valence-electron chi connectivity index (χ1n) is 8.14. The van der Waals surface area contributed by atoms with Gasteiger partial charge in [0.15, 0.2) is 0 Å². The molecule has 0 spiro atoms. The summed E-state index contributed by atoms with van der Waals surface area (Å²) >= 11 is 11.9. The summed E-state index contributed by atoms with van der Waals surface area (Å²) in [6, 6.07) is 18.1. The standard InChI is InChI=1S/C21H12Cl2N4O/c22-17-5-3-13(4-6-17)20(19-8-7-18(23)12-26-19)27-21(28)14-1-2-15(10-24)16(9-14)11-25/h1-9,12,20H,(H,27,28). The van der Waals surface area contributed by atoms with E-state index in [1.54, 1.807) is 36.4 Å². The molecule has 3 rings (SSSR count). The van der Waals surface area contributed by atoms with Crippen LogP contribution in [0.4, 0.5) is 0 Å². The second-order valence-corrected chi connectivity index (χ2v) is 6.72. The maximum atomic E-state index is 12.8. The van der Waals surface area contributed by atoms with Crippen molar-refractivity contribution in [1.29, 1.82) is 10.5 Å². The molecule has 0 aliphatic rings. The number of nitrogens with zero attached hydrogens (tertiary/aromatic N) is 3. The lowest BCUT2D eigenvalue weighted by Crippen LogP contribution is -2.30. The molecule has 3 aromatic rings. The van der Waals surface area contributed by atoms with Crippen LogP contribution in [0, 0.1) is 22.7 Å². The molecule has 5 nitrogen and oxygen atoms in total. The van der Waals surface area contributed by atoms with Crippen molar-refractivity contribution in [3.05, 3.63) is 98.8 Å². The number of carbonyl (C=O) groups is 1. The van der Waals surface area contributed by atoms with Crippen LogP contribution < -0.4 is 5.32 Å². The number of carbonyl (C=O) groups excluding carboxylic acids is 1. The second-order valence-electron chi connectivity index (χ2n) is 5.84. The van der Waals surface area contributed by atoms with Gasteiger partial charge in [-0.2, -0.15) is 10.5 Å². The molecule has 136 valence electrons. The molecule has 0 saturated carbocycles. The zero-order chi connectivity index (χ0) is 20.1. The number of benzene rings is 2. The van der Waals surface area contributed by atoms with Crippen molar-refractivity contribution in [2.45, 2.75) is 6.04 Å². The molecule has 1 unspecified atom stereocenters. The molecule has 1 aromatic heterocycles. The first-order chi connectivity index (χ1) is 13.5. The predicted molar refractivity (Wildman–Crippen MR) is 106 cm³/mol. The van der Waals surface area contributed by atoms with Gasteiger partial charge in [-0.15, -0.1) is 0 Å². The van der Waals surface area contributed by atoms with Crippen molar-refractivity contribution in [3.8, 4) is 12.1 Å². The zero-order valence-corrected chi connectivity index (χ0v) is 15.9. The van der Waals surface area contributed by atoms with Crippen LogP contribution in [0.1, 0.15) is 38.8 Å². The van der Waals surface area contributed by atoms with Gasteiger partial charge in [0.1, 0.15) is 12.1 Å². The maximum absolute atomic E-state index is 12.8. The number of amides is 1. The van der Waals surface area contributed by atoms with Gasteiger partial charge in [0, 0.05) is 16.8 Å². The lowest BCUT2D eigenvalue weighted by molar-refractivity contribution is 0.0942. The van der Waals surface area contributed by atoms with Crippen LogP contribution in [0.3, 0.4) is 0 Å². The zero-order valence-electron chi connectivity index (χ0n) is 14.4. The molecule has 2 aromatic carbocycles. The Hall–Kier alpha value is -3.38. The average Bonchev–Trinajstić information content (AvgIpc) is 2.72. The quantitative estimate of drug-likeness (QED) is 0.682. The van der Waals surface area contributed by atoms with Crippen LogP contribution in [0.15, 0.2) is 60.8 Å². The number of halogens is 2. The molecule has 1 atom stereocenters. The van der Waals surface area contributed by atoms with E-state index in [9.17, 15) is 10.1 Å². The highest BCUT2D eigenvalue weighted by molar-refractivity contribution is 6.30. The van der Waals surface area contributed by atoms with Crippen molar-refractivity contribution in [2.24, 2.45) is 0 Å². The molecule has 0 aliphatic carbocycles. The van der Waals surface area contributed by atoms with Crippen LogP contribution in [-0.4, -0.2) is 10.9 Å². The van der Waals surface area contributed by atoms with E-state index in [4.69, 9.17) is 28.5 Å². The van der Waals surface area contributed by atoms with E-state index in [0.29, 0.717) is 15.7 Å². The molecular weight excluding hydrogens is 395 g/mol. The lowest BCUT2D eigenvalue weighted by Gasteiger charge is -2.19. The van der Waals surface area contributed by atoms with Crippen molar-refractivity contribution < 1.29 is 4.79 Å². The number of hydrogen-bond donors (Lipinski definition) is 1. The molecule has 1 heterocycles. The van der Waals surface area contributed by atoms with Gasteiger partial charge in [0.25, 0.3) is 5.91 Å². The van der Waals surface area contributed by atoms with E-state index >= 15 is 0 Å². The van der Waals surface area contributed by atoms with E-state index in [-0.39, 0.29) is 16.7 Å². The number of nitrogens with one attached hydrogen (secondary N) is 1. The van der Waals surface area contributed by atoms with Crippen molar-refractivity contribution in [3.63, 3.8) is 0 Å². The van der Waals surface area contributed by atoms with Gasteiger partial charge in [-0.1, -0.05) is 35.3 Å². The minimum absolute atomic E-state index is 0.141. The molecule has 28 heavy (non-hydrogen) atoms. The number of hydrogen-bond acceptors (Lipinski definition) is 4. The normalized spacial score (nSPS) is 11.1. The van der Waals surface area contributed by atoms with Crippen molar-refractivity contribution in [1.82, 2.24) is 10.3 Å². The summed E-state index contributed by atoms with van der Waals surface area (Å²) in [6.07, 6.45) is 1.50. The highest BCUT2D eigenvalue weighted by Gasteiger charge is 2.20. The fourth-order valence-corrected chi connectivity index (χ4v) is 2.87. The summed E-state index contributed by atoms with van der Waals surface area (Å²) < 4.78 is 0. The average molecular weight is 407 g/mol. The molecule has 1 amide bonds. The van der Waals surface area contributed by atoms with Gasteiger partial charge in [0.05, 0.1) is 27.9 Å².